The molecule has 0 unspecified atom stereocenters. The third-order valence-electron chi connectivity index (χ3n) is 3.58. The van der Waals surface area contributed by atoms with E-state index in [1.54, 1.807) is 12.1 Å². The van der Waals surface area contributed by atoms with Gasteiger partial charge in [-0.05, 0) is 37.0 Å². The maximum atomic E-state index is 13.7. The number of allylic oxidation sites excluding steroid dienone is 1. The third-order valence-corrected chi connectivity index (χ3v) is 4.13. The van der Waals surface area contributed by atoms with Crippen molar-refractivity contribution >= 4 is 29.3 Å². The van der Waals surface area contributed by atoms with E-state index < -0.39 is 0 Å². The summed E-state index contributed by atoms with van der Waals surface area (Å²) in [6, 6.07) is 4.63. The molecule has 1 aliphatic carbocycles. The molecule has 0 radical (unpaired) electrons. The van der Waals surface area contributed by atoms with Gasteiger partial charge >= 0.3 is 0 Å². The molecule has 0 nitrogen and oxygen atoms in total. The van der Waals surface area contributed by atoms with E-state index in [9.17, 15) is 4.39 Å². The van der Waals surface area contributed by atoms with Crippen LogP contribution < -0.4 is 0 Å². The van der Waals surface area contributed by atoms with Crippen molar-refractivity contribution < 1.29 is 4.39 Å². The average molecular weight is 287 g/mol. The zero-order valence-corrected chi connectivity index (χ0v) is 11.8. The molecule has 1 aromatic rings. The Morgan fingerprint density at radius 3 is 2.67 bits per heavy atom. The monoisotopic (exact) mass is 286 g/mol. The van der Waals surface area contributed by atoms with Gasteiger partial charge in [0.05, 0.1) is 0 Å². The Morgan fingerprint density at radius 2 is 2.00 bits per heavy atom. The molecule has 3 heteroatoms. The topological polar surface area (TPSA) is 0 Å². The van der Waals surface area contributed by atoms with Crippen molar-refractivity contribution in [2.45, 2.75) is 32.1 Å². The van der Waals surface area contributed by atoms with Crippen LogP contribution in [0.4, 0.5) is 4.39 Å². The quantitative estimate of drug-likeness (QED) is 0.627. The molecule has 0 heterocycles. The summed E-state index contributed by atoms with van der Waals surface area (Å²) in [5, 5.41) is 0.556. The lowest BCUT2D eigenvalue weighted by Crippen LogP contribution is -2.10. The molecule has 0 saturated heterocycles. The number of hydrogen-bond acceptors (Lipinski definition) is 0. The molecule has 98 valence electrons. The molecule has 0 amide bonds. The summed E-state index contributed by atoms with van der Waals surface area (Å²) >= 11 is 11.9. The van der Waals surface area contributed by atoms with E-state index in [0.717, 1.165) is 5.57 Å². The fourth-order valence-corrected chi connectivity index (χ4v) is 3.04. The summed E-state index contributed by atoms with van der Waals surface area (Å²) < 4.78 is 13.7. The van der Waals surface area contributed by atoms with E-state index in [1.807, 2.05) is 6.08 Å². The number of alkyl halides is 1. The van der Waals surface area contributed by atoms with Crippen LogP contribution in [-0.2, 0) is 0 Å². The SMILES string of the molecule is Fc1ccc(Cl)cc1/C=C(/CCl)C1CCCCC1. The molecule has 1 aliphatic rings. The standard InChI is InChI=1S/C15H17Cl2F/c16-10-13(11-4-2-1-3-5-11)8-12-9-14(17)6-7-15(12)18/h6-9,11H,1-5,10H2/b13-8-. The summed E-state index contributed by atoms with van der Waals surface area (Å²) in [6.45, 7) is 0. The lowest BCUT2D eigenvalue weighted by molar-refractivity contribution is 0.405. The molecule has 1 fully saturated rings. The average Bonchev–Trinajstić information content (AvgIpc) is 2.41. The van der Waals surface area contributed by atoms with Gasteiger partial charge in [0.25, 0.3) is 0 Å². The minimum atomic E-state index is -0.238. The van der Waals surface area contributed by atoms with E-state index in [1.165, 1.54) is 38.2 Å². The highest BCUT2D eigenvalue weighted by Crippen LogP contribution is 2.32. The van der Waals surface area contributed by atoms with E-state index >= 15 is 0 Å². The Kier molecular flexibility index (Phi) is 5.08. The van der Waals surface area contributed by atoms with Gasteiger partial charge in [-0.3, -0.25) is 0 Å². The summed E-state index contributed by atoms with van der Waals surface area (Å²) in [7, 11) is 0. The molecule has 0 aliphatic heterocycles. The predicted molar refractivity (Wildman–Crippen MR) is 76.7 cm³/mol. The van der Waals surface area contributed by atoms with Crippen LogP contribution >= 0.6 is 23.2 Å². The molecule has 18 heavy (non-hydrogen) atoms. The van der Waals surface area contributed by atoms with Crippen molar-refractivity contribution in [2.75, 3.05) is 5.88 Å². The van der Waals surface area contributed by atoms with Gasteiger partial charge in [0.15, 0.2) is 0 Å². The smallest absolute Gasteiger partial charge is 0.130 e. The second-order valence-electron chi connectivity index (χ2n) is 4.85. The van der Waals surface area contributed by atoms with Crippen LogP contribution in [0.3, 0.4) is 0 Å². The van der Waals surface area contributed by atoms with E-state index in [4.69, 9.17) is 23.2 Å². The number of rotatable bonds is 3. The second kappa shape index (κ2) is 6.58. The van der Waals surface area contributed by atoms with Crippen molar-refractivity contribution in [2.24, 2.45) is 5.92 Å². The highest BCUT2D eigenvalue weighted by molar-refractivity contribution is 6.30. The van der Waals surface area contributed by atoms with Gasteiger partial charge in [-0.25, -0.2) is 4.39 Å². The third kappa shape index (κ3) is 3.49. The summed E-state index contributed by atoms with van der Waals surface area (Å²) in [5.41, 5.74) is 1.68. The highest BCUT2D eigenvalue weighted by Gasteiger charge is 2.17. The zero-order chi connectivity index (χ0) is 13.0. The Labute approximate surface area is 118 Å². The first kappa shape index (κ1) is 13.9. The predicted octanol–water partition coefficient (Wildman–Crippen LogP) is 5.68. The molecule has 1 aromatic carbocycles. The second-order valence-corrected chi connectivity index (χ2v) is 5.56. The fourth-order valence-electron chi connectivity index (χ4n) is 2.56. The molecule has 0 N–H and O–H groups in total. The Balaban J connectivity index is 2.24. The first-order valence-electron chi connectivity index (χ1n) is 6.42. The maximum absolute atomic E-state index is 13.7. The van der Waals surface area contributed by atoms with E-state index in [-0.39, 0.29) is 5.82 Å². The fraction of sp³-hybridized carbons (Fsp3) is 0.467. The van der Waals surface area contributed by atoms with Crippen LogP contribution in [0.15, 0.2) is 23.8 Å². The van der Waals surface area contributed by atoms with Crippen molar-refractivity contribution in [3.8, 4) is 0 Å². The van der Waals surface area contributed by atoms with Crippen LogP contribution in [0, 0.1) is 11.7 Å². The van der Waals surface area contributed by atoms with Gasteiger partial charge in [0.2, 0.25) is 0 Å². The Morgan fingerprint density at radius 1 is 1.28 bits per heavy atom. The van der Waals surface area contributed by atoms with Crippen LogP contribution in [0.25, 0.3) is 6.08 Å². The number of halogens is 3. The minimum Gasteiger partial charge on any atom is -0.206 e. The van der Waals surface area contributed by atoms with E-state index in [2.05, 4.69) is 0 Å². The Bertz CT molecular complexity index is 434. The van der Waals surface area contributed by atoms with Gasteiger partial charge in [-0.1, -0.05) is 42.5 Å². The van der Waals surface area contributed by atoms with Gasteiger partial charge in [0.1, 0.15) is 5.82 Å². The number of hydrogen-bond donors (Lipinski definition) is 0. The van der Waals surface area contributed by atoms with Crippen molar-refractivity contribution in [3.63, 3.8) is 0 Å². The lowest BCUT2D eigenvalue weighted by atomic mass is 9.83. The van der Waals surface area contributed by atoms with Crippen LogP contribution in [0.2, 0.25) is 5.02 Å². The van der Waals surface area contributed by atoms with Crippen molar-refractivity contribution in [1.29, 1.82) is 0 Å². The zero-order valence-electron chi connectivity index (χ0n) is 10.3. The van der Waals surface area contributed by atoms with Crippen molar-refractivity contribution in [1.82, 2.24) is 0 Å². The van der Waals surface area contributed by atoms with Crippen LogP contribution in [0.5, 0.6) is 0 Å². The molecule has 0 bridgehead atoms. The molecule has 0 aromatic heterocycles. The molecule has 0 spiro atoms. The first-order valence-corrected chi connectivity index (χ1v) is 7.33. The normalized spacial score (nSPS) is 18.1. The first-order chi connectivity index (χ1) is 8.70. The maximum Gasteiger partial charge on any atom is 0.130 e. The van der Waals surface area contributed by atoms with Gasteiger partial charge in [-0.2, -0.15) is 0 Å². The summed E-state index contributed by atoms with van der Waals surface area (Å²) in [4.78, 5) is 0. The largest absolute Gasteiger partial charge is 0.206 e. The van der Waals surface area contributed by atoms with Gasteiger partial charge in [0, 0.05) is 16.5 Å². The molecule has 0 atom stereocenters. The summed E-state index contributed by atoms with van der Waals surface area (Å²) in [5.74, 6) is 0.740. The molecular weight excluding hydrogens is 270 g/mol. The Hall–Kier alpha value is -0.530. The van der Waals surface area contributed by atoms with Gasteiger partial charge < -0.3 is 0 Å². The van der Waals surface area contributed by atoms with Gasteiger partial charge in [-0.15, -0.1) is 11.6 Å². The van der Waals surface area contributed by atoms with Crippen LogP contribution in [0.1, 0.15) is 37.7 Å². The van der Waals surface area contributed by atoms with E-state index in [0.29, 0.717) is 22.4 Å². The number of benzene rings is 1. The molecular formula is C15H17Cl2F. The minimum absolute atomic E-state index is 0.238. The lowest BCUT2D eigenvalue weighted by Gasteiger charge is -2.23. The van der Waals surface area contributed by atoms with Crippen LogP contribution in [-0.4, -0.2) is 5.88 Å². The molecule has 2 rings (SSSR count). The molecule has 1 saturated carbocycles. The highest BCUT2D eigenvalue weighted by atomic mass is 35.5. The van der Waals surface area contributed by atoms with Crippen molar-refractivity contribution in [3.05, 3.63) is 40.2 Å². The summed E-state index contributed by atoms with van der Waals surface area (Å²) in [6.07, 6.45) is 8.01.